The van der Waals surface area contributed by atoms with Gasteiger partial charge in [0.1, 0.15) is 11.5 Å². The molecule has 0 spiro atoms. The zero-order valence-corrected chi connectivity index (χ0v) is 17.1. The van der Waals surface area contributed by atoms with Crippen LogP contribution in [0.3, 0.4) is 0 Å². The maximum atomic E-state index is 6.64. The van der Waals surface area contributed by atoms with E-state index in [0.717, 1.165) is 27.6 Å². The fraction of sp³-hybridized carbons (Fsp3) is 0.333. The lowest BCUT2D eigenvalue weighted by atomic mass is 10.0. The van der Waals surface area contributed by atoms with E-state index in [9.17, 15) is 0 Å². The number of fused-ring (bicyclic) bond motifs is 1. The van der Waals surface area contributed by atoms with Crippen LogP contribution in [0.25, 0.3) is 22.0 Å². The number of aryl methyl sites for hydroxylation is 1. The molecule has 2 heterocycles. The molecule has 142 valence electrons. The van der Waals surface area contributed by atoms with Crippen molar-refractivity contribution in [3.8, 4) is 28.6 Å². The van der Waals surface area contributed by atoms with Crippen LogP contribution in [0.15, 0.2) is 24.4 Å². The van der Waals surface area contributed by atoms with E-state index in [1.807, 2.05) is 46.0 Å². The molecule has 0 saturated carbocycles. The number of aromatic nitrogens is 2. The van der Waals surface area contributed by atoms with E-state index in [-0.39, 0.29) is 6.10 Å². The lowest BCUT2D eigenvalue weighted by Crippen LogP contribution is -2.08. The van der Waals surface area contributed by atoms with Crippen LogP contribution in [0.4, 0.5) is 0 Å². The molecule has 6 heteroatoms. The van der Waals surface area contributed by atoms with Crippen molar-refractivity contribution in [3.63, 3.8) is 0 Å². The number of methoxy groups -OCH3 is 2. The summed E-state index contributed by atoms with van der Waals surface area (Å²) in [4.78, 5) is 9.19. The third kappa shape index (κ3) is 3.65. The van der Waals surface area contributed by atoms with Crippen LogP contribution < -0.4 is 14.2 Å². The minimum atomic E-state index is -0.0131. The fourth-order valence-corrected chi connectivity index (χ4v) is 3.40. The second-order valence-corrected chi connectivity index (χ2v) is 7.00. The Morgan fingerprint density at radius 3 is 2.33 bits per heavy atom. The monoisotopic (exact) mass is 386 g/mol. The molecule has 0 N–H and O–H groups in total. The van der Waals surface area contributed by atoms with E-state index < -0.39 is 0 Å². The largest absolute Gasteiger partial charge is 0.496 e. The Labute approximate surface area is 164 Å². The first-order chi connectivity index (χ1) is 12.8. The maximum Gasteiger partial charge on any atom is 0.222 e. The highest BCUT2D eigenvalue weighted by Crippen LogP contribution is 2.43. The molecule has 3 aromatic rings. The number of benzene rings is 1. The first-order valence-electron chi connectivity index (χ1n) is 8.71. The van der Waals surface area contributed by atoms with Gasteiger partial charge in [-0.1, -0.05) is 11.6 Å². The Kier molecular flexibility index (Phi) is 5.42. The van der Waals surface area contributed by atoms with Crippen LogP contribution in [0.2, 0.25) is 5.02 Å². The highest BCUT2D eigenvalue weighted by atomic mass is 35.5. The quantitative estimate of drug-likeness (QED) is 0.589. The molecular formula is C21H23ClN2O3. The van der Waals surface area contributed by atoms with Crippen LogP contribution >= 0.6 is 11.6 Å². The normalized spacial score (nSPS) is 11.1. The Morgan fingerprint density at radius 1 is 1.00 bits per heavy atom. The van der Waals surface area contributed by atoms with Gasteiger partial charge in [0.15, 0.2) is 0 Å². The molecule has 0 atom stereocenters. The van der Waals surface area contributed by atoms with Gasteiger partial charge in [-0.05, 0) is 39.8 Å². The van der Waals surface area contributed by atoms with Crippen LogP contribution in [-0.4, -0.2) is 30.3 Å². The van der Waals surface area contributed by atoms with Crippen LogP contribution in [0.1, 0.15) is 25.1 Å². The summed E-state index contributed by atoms with van der Waals surface area (Å²) in [7, 11) is 3.20. The summed E-state index contributed by atoms with van der Waals surface area (Å²) in [5.74, 6) is 1.77. The van der Waals surface area contributed by atoms with Gasteiger partial charge in [-0.25, -0.2) is 4.98 Å². The van der Waals surface area contributed by atoms with E-state index in [4.69, 9.17) is 30.8 Å². The maximum absolute atomic E-state index is 6.64. The molecule has 3 rings (SSSR count). The summed E-state index contributed by atoms with van der Waals surface area (Å²) < 4.78 is 16.9. The molecule has 0 amide bonds. The molecule has 0 aliphatic carbocycles. The molecule has 27 heavy (non-hydrogen) atoms. The van der Waals surface area contributed by atoms with E-state index in [2.05, 4.69) is 4.98 Å². The SMILES string of the molecule is COc1cc(OC)c(Cl)c(-c2cc3cnc(C)cc3c(OC(C)C)n2)c1C. The third-order valence-electron chi connectivity index (χ3n) is 4.30. The zero-order valence-electron chi connectivity index (χ0n) is 16.4. The molecule has 1 aromatic carbocycles. The average molecular weight is 387 g/mol. The average Bonchev–Trinajstić information content (AvgIpc) is 2.62. The number of halogens is 1. The van der Waals surface area contributed by atoms with E-state index in [0.29, 0.717) is 28.1 Å². The highest BCUT2D eigenvalue weighted by molar-refractivity contribution is 6.35. The zero-order chi connectivity index (χ0) is 19.7. The second kappa shape index (κ2) is 7.61. The van der Waals surface area contributed by atoms with Gasteiger partial charge < -0.3 is 14.2 Å². The molecule has 0 aliphatic heterocycles. The minimum Gasteiger partial charge on any atom is -0.496 e. The first kappa shape index (κ1) is 19.2. The summed E-state index contributed by atoms with van der Waals surface area (Å²) in [6.45, 7) is 7.84. The van der Waals surface area contributed by atoms with Crippen molar-refractivity contribution in [1.29, 1.82) is 0 Å². The minimum absolute atomic E-state index is 0.0131. The van der Waals surface area contributed by atoms with E-state index in [1.165, 1.54) is 0 Å². The standard InChI is InChI=1S/C21H23ClN2O3/c1-11(2)27-21-15-7-12(3)23-10-14(15)8-16(24-21)19-13(4)17(25-5)9-18(26-6)20(19)22/h7-11H,1-6H3. The Morgan fingerprint density at radius 2 is 1.70 bits per heavy atom. The van der Waals surface area contributed by atoms with Gasteiger partial charge in [-0.3, -0.25) is 4.98 Å². The van der Waals surface area contributed by atoms with E-state index >= 15 is 0 Å². The molecule has 0 radical (unpaired) electrons. The van der Waals surface area contributed by atoms with Crippen LogP contribution in [0, 0.1) is 13.8 Å². The molecule has 0 fully saturated rings. The fourth-order valence-electron chi connectivity index (χ4n) is 3.03. The number of ether oxygens (including phenoxy) is 3. The Hall–Kier alpha value is -2.53. The summed E-state index contributed by atoms with van der Waals surface area (Å²) in [6, 6.07) is 5.71. The lowest BCUT2D eigenvalue weighted by molar-refractivity contribution is 0.236. The second-order valence-electron chi connectivity index (χ2n) is 6.62. The molecule has 2 aromatic heterocycles. The van der Waals surface area contributed by atoms with E-state index in [1.54, 1.807) is 20.3 Å². The van der Waals surface area contributed by atoms with Crippen molar-refractivity contribution in [3.05, 3.63) is 40.7 Å². The first-order valence-corrected chi connectivity index (χ1v) is 9.09. The molecule has 0 bridgehead atoms. The van der Waals surface area contributed by atoms with Crippen molar-refractivity contribution in [1.82, 2.24) is 9.97 Å². The number of rotatable bonds is 5. The summed E-state index contributed by atoms with van der Waals surface area (Å²) in [5.41, 5.74) is 3.22. The summed E-state index contributed by atoms with van der Waals surface area (Å²) in [6.07, 6.45) is 1.81. The molecular weight excluding hydrogens is 364 g/mol. The third-order valence-corrected chi connectivity index (χ3v) is 4.68. The van der Waals surface area contributed by atoms with Crippen molar-refractivity contribution in [2.45, 2.75) is 33.8 Å². The topological polar surface area (TPSA) is 53.5 Å². The molecule has 5 nitrogen and oxygen atoms in total. The van der Waals surface area contributed by atoms with Gasteiger partial charge in [-0.2, -0.15) is 0 Å². The highest BCUT2D eigenvalue weighted by Gasteiger charge is 2.20. The van der Waals surface area contributed by atoms with Crippen molar-refractivity contribution in [2.24, 2.45) is 0 Å². The predicted molar refractivity (Wildman–Crippen MR) is 108 cm³/mol. The Bertz CT molecular complexity index is 974. The van der Waals surface area contributed by atoms with Gasteiger partial charge in [0, 0.05) is 39.9 Å². The lowest BCUT2D eigenvalue weighted by Gasteiger charge is -2.18. The van der Waals surface area contributed by atoms with Gasteiger partial charge in [0.05, 0.1) is 31.0 Å². The van der Waals surface area contributed by atoms with Gasteiger partial charge in [-0.15, -0.1) is 0 Å². The summed E-state index contributed by atoms with van der Waals surface area (Å²) in [5, 5.41) is 2.33. The van der Waals surface area contributed by atoms with Crippen molar-refractivity contribution in [2.75, 3.05) is 14.2 Å². The molecule has 0 saturated heterocycles. The number of pyridine rings is 2. The predicted octanol–water partition coefficient (Wildman–Crippen LogP) is 5.37. The van der Waals surface area contributed by atoms with Crippen molar-refractivity contribution < 1.29 is 14.2 Å². The summed E-state index contributed by atoms with van der Waals surface area (Å²) >= 11 is 6.64. The number of nitrogens with zero attached hydrogens (tertiary/aromatic N) is 2. The smallest absolute Gasteiger partial charge is 0.222 e. The van der Waals surface area contributed by atoms with Crippen LogP contribution in [-0.2, 0) is 0 Å². The van der Waals surface area contributed by atoms with Gasteiger partial charge in [0.2, 0.25) is 5.88 Å². The number of hydrogen-bond donors (Lipinski definition) is 0. The number of hydrogen-bond acceptors (Lipinski definition) is 5. The van der Waals surface area contributed by atoms with Gasteiger partial charge in [0.25, 0.3) is 0 Å². The van der Waals surface area contributed by atoms with Crippen LogP contribution in [0.5, 0.6) is 17.4 Å². The van der Waals surface area contributed by atoms with Gasteiger partial charge >= 0.3 is 0 Å². The molecule has 0 unspecified atom stereocenters. The Balaban J connectivity index is 2.34. The van der Waals surface area contributed by atoms with Crippen molar-refractivity contribution >= 4 is 22.4 Å². The molecule has 0 aliphatic rings.